The first-order valence-corrected chi connectivity index (χ1v) is 10.7. The minimum Gasteiger partial charge on any atom is -0.489 e. The number of aliphatic hydroxyl groups is 1. The Labute approximate surface area is 181 Å². The normalized spacial score (nSPS) is 16.0. The molecule has 1 aliphatic rings. The van der Waals surface area contributed by atoms with Crippen LogP contribution >= 0.6 is 0 Å². The fraction of sp³-hybridized carbons (Fsp3) is 0.375. The lowest BCUT2D eigenvalue weighted by Crippen LogP contribution is -2.22. The Kier molecular flexibility index (Phi) is 6.31. The number of fused-ring (bicyclic) bond motifs is 1. The zero-order valence-corrected chi connectivity index (χ0v) is 17.8. The van der Waals surface area contributed by atoms with Crippen LogP contribution in [0.3, 0.4) is 0 Å². The van der Waals surface area contributed by atoms with Crippen molar-refractivity contribution in [2.75, 3.05) is 13.2 Å². The number of hydrogen-bond acceptors (Lipinski definition) is 7. The lowest BCUT2D eigenvalue weighted by Gasteiger charge is -2.13. The first-order chi connectivity index (χ1) is 15.1. The van der Waals surface area contributed by atoms with Crippen LogP contribution in [0.15, 0.2) is 40.9 Å². The van der Waals surface area contributed by atoms with Gasteiger partial charge in [-0.25, -0.2) is 0 Å². The van der Waals surface area contributed by atoms with Crippen molar-refractivity contribution in [1.82, 2.24) is 15.5 Å². The van der Waals surface area contributed by atoms with Gasteiger partial charge in [0.15, 0.2) is 0 Å². The van der Waals surface area contributed by atoms with Crippen molar-refractivity contribution < 1.29 is 14.4 Å². The van der Waals surface area contributed by atoms with E-state index in [0.717, 1.165) is 24.8 Å². The maximum Gasteiger partial charge on any atom is 0.258 e. The first kappa shape index (κ1) is 21.0. The van der Waals surface area contributed by atoms with Gasteiger partial charge in [0.2, 0.25) is 5.82 Å². The topological polar surface area (TPSA) is 104 Å². The molecule has 0 spiro atoms. The summed E-state index contributed by atoms with van der Waals surface area (Å²) in [5.41, 5.74) is 4.51. The largest absolute Gasteiger partial charge is 0.489 e. The number of aliphatic hydroxyl groups excluding tert-OH is 1. The van der Waals surface area contributed by atoms with Crippen LogP contribution in [0.25, 0.3) is 22.8 Å². The lowest BCUT2D eigenvalue weighted by molar-refractivity contribution is 0.217. The molecule has 2 N–H and O–H groups in total. The molecule has 1 aromatic heterocycles. The van der Waals surface area contributed by atoms with Crippen molar-refractivity contribution in [3.05, 3.63) is 53.1 Å². The van der Waals surface area contributed by atoms with Gasteiger partial charge in [-0.1, -0.05) is 30.3 Å². The molecular formula is C24H26N4O3. The van der Waals surface area contributed by atoms with E-state index in [4.69, 9.17) is 14.4 Å². The van der Waals surface area contributed by atoms with Crippen LogP contribution < -0.4 is 10.1 Å². The van der Waals surface area contributed by atoms with Crippen molar-refractivity contribution in [1.29, 1.82) is 5.26 Å². The maximum absolute atomic E-state index is 9.53. The molecule has 1 aliphatic carbocycles. The van der Waals surface area contributed by atoms with Crippen molar-refractivity contribution in [2.45, 2.75) is 45.3 Å². The average molecular weight is 418 g/mol. The molecule has 2 aromatic carbocycles. The Morgan fingerprint density at radius 2 is 2.23 bits per heavy atom. The molecule has 7 heteroatoms. The second-order valence-electron chi connectivity index (χ2n) is 7.72. The quantitative estimate of drug-likeness (QED) is 0.569. The van der Waals surface area contributed by atoms with Gasteiger partial charge in [0.1, 0.15) is 11.8 Å². The number of aromatic nitrogens is 2. The van der Waals surface area contributed by atoms with Crippen LogP contribution in [0.4, 0.5) is 0 Å². The summed E-state index contributed by atoms with van der Waals surface area (Å²) in [5, 5.41) is 26.2. The molecule has 7 nitrogen and oxygen atoms in total. The monoisotopic (exact) mass is 418 g/mol. The Bertz CT molecular complexity index is 1100. The van der Waals surface area contributed by atoms with E-state index in [2.05, 4.69) is 27.6 Å². The maximum atomic E-state index is 9.53. The number of ether oxygens (including phenoxy) is 1. The summed E-state index contributed by atoms with van der Waals surface area (Å²) in [5.74, 6) is 1.46. The zero-order valence-electron chi connectivity index (χ0n) is 17.8. The minimum atomic E-state index is 0.0313. The summed E-state index contributed by atoms with van der Waals surface area (Å²) in [6, 6.07) is 13.9. The number of rotatable bonds is 8. The highest BCUT2D eigenvalue weighted by Crippen LogP contribution is 2.37. The van der Waals surface area contributed by atoms with Crippen LogP contribution in [-0.4, -0.2) is 34.5 Å². The minimum absolute atomic E-state index is 0.0313. The Hall–Kier alpha value is -3.21. The van der Waals surface area contributed by atoms with Gasteiger partial charge in [0.05, 0.1) is 18.3 Å². The van der Waals surface area contributed by atoms with Crippen molar-refractivity contribution in [2.24, 2.45) is 0 Å². The molecule has 0 bridgehead atoms. The number of nitrogens with zero attached hydrogens (tertiary/aromatic N) is 3. The summed E-state index contributed by atoms with van der Waals surface area (Å²) < 4.78 is 11.4. The molecule has 0 amide bonds. The summed E-state index contributed by atoms with van der Waals surface area (Å²) >= 11 is 0. The molecule has 0 aliphatic heterocycles. The molecule has 0 saturated carbocycles. The van der Waals surface area contributed by atoms with Gasteiger partial charge in [-0.15, -0.1) is 0 Å². The molecular weight excluding hydrogens is 392 g/mol. The van der Waals surface area contributed by atoms with Crippen LogP contribution in [0, 0.1) is 11.3 Å². The highest BCUT2D eigenvalue weighted by Gasteiger charge is 2.26. The van der Waals surface area contributed by atoms with E-state index in [9.17, 15) is 5.26 Å². The van der Waals surface area contributed by atoms with E-state index in [1.165, 1.54) is 11.1 Å². The standard InChI is InChI=1S/C24H26N4O3/c1-3-15(2)30-22-10-7-16(13-17(22)14-25)24-27-23(28-31-24)20-6-4-5-19-18(20)8-9-21(19)26-11-12-29/h4-7,10,13,15,21,26,29H,3,8-9,11-12H2,1-2H3/t15?,21-/m0/s1. The van der Waals surface area contributed by atoms with Crippen LogP contribution in [0.5, 0.6) is 5.75 Å². The van der Waals surface area contributed by atoms with E-state index in [1.807, 2.05) is 32.0 Å². The molecule has 1 heterocycles. The molecule has 4 rings (SSSR count). The Balaban J connectivity index is 1.61. The summed E-state index contributed by atoms with van der Waals surface area (Å²) in [4.78, 5) is 4.61. The smallest absolute Gasteiger partial charge is 0.258 e. The third-order valence-corrected chi connectivity index (χ3v) is 5.69. The molecule has 2 atom stereocenters. The van der Waals surface area contributed by atoms with E-state index in [-0.39, 0.29) is 18.8 Å². The van der Waals surface area contributed by atoms with Gasteiger partial charge in [0, 0.05) is 23.7 Å². The molecule has 0 radical (unpaired) electrons. The van der Waals surface area contributed by atoms with Crippen molar-refractivity contribution in [3.8, 4) is 34.7 Å². The fourth-order valence-corrected chi connectivity index (χ4v) is 3.92. The van der Waals surface area contributed by atoms with Crippen molar-refractivity contribution in [3.63, 3.8) is 0 Å². The predicted octanol–water partition coefficient (Wildman–Crippen LogP) is 4.02. The van der Waals surface area contributed by atoms with Crippen molar-refractivity contribution >= 4 is 0 Å². The zero-order chi connectivity index (χ0) is 21.8. The number of hydrogen-bond donors (Lipinski definition) is 2. The Morgan fingerprint density at radius 3 is 3.00 bits per heavy atom. The van der Waals surface area contributed by atoms with Gasteiger partial charge in [-0.2, -0.15) is 10.2 Å². The van der Waals surface area contributed by atoms with Gasteiger partial charge in [-0.05, 0) is 55.5 Å². The average Bonchev–Trinajstić information content (AvgIpc) is 3.45. The second-order valence-corrected chi connectivity index (χ2v) is 7.72. The number of nitrogens with one attached hydrogen (secondary N) is 1. The molecule has 3 aromatic rings. The third-order valence-electron chi connectivity index (χ3n) is 5.69. The third kappa shape index (κ3) is 4.31. The molecule has 1 unspecified atom stereocenters. The van der Waals surface area contributed by atoms with E-state index in [0.29, 0.717) is 35.1 Å². The molecule has 0 fully saturated rings. The molecule has 160 valence electrons. The van der Waals surface area contributed by atoms with Crippen LogP contribution in [-0.2, 0) is 6.42 Å². The molecule has 31 heavy (non-hydrogen) atoms. The number of benzene rings is 2. The van der Waals surface area contributed by atoms with Gasteiger partial charge in [-0.3, -0.25) is 0 Å². The van der Waals surface area contributed by atoms with E-state index < -0.39 is 0 Å². The second kappa shape index (κ2) is 9.29. The predicted molar refractivity (Wildman–Crippen MR) is 116 cm³/mol. The van der Waals surface area contributed by atoms with E-state index in [1.54, 1.807) is 12.1 Å². The summed E-state index contributed by atoms with van der Waals surface area (Å²) in [6.45, 7) is 4.70. The highest BCUT2D eigenvalue weighted by atomic mass is 16.5. The van der Waals surface area contributed by atoms with Gasteiger partial charge < -0.3 is 19.7 Å². The first-order valence-electron chi connectivity index (χ1n) is 10.7. The highest BCUT2D eigenvalue weighted by molar-refractivity contribution is 5.67. The van der Waals surface area contributed by atoms with E-state index >= 15 is 0 Å². The van der Waals surface area contributed by atoms with Crippen LogP contribution in [0.1, 0.15) is 49.4 Å². The van der Waals surface area contributed by atoms with Gasteiger partial charge in [0.25, 0.3) is 5.89 Å². The fourth-order valence-electron chi connectivity index (χ4n) is 3.92. The summed E-state index contributed by atoms with van der Waals surface area (Å²) in [6.07, 6.45) is 2.78. The summed E-state index contributed by atoms with van der Waals surface area (Å²) in [7, 11) is 0. The Morgan fingerprint density at radius 1 is 1.35 bits per heavy atom. The lowest BCUT2D eigenvalue weighted by atomic mass is 10.0. The SMILES string of the molecule is CCC(C)Oc1ccc(-c2nc(-c3cccc4c3CC[C@@H]4NCCO)no2)cc1C#N. The van der Waals surface area contributed by atoms with Gasteiger partial charge >= 0.3 is 0 Å². The number of nitriles is 1. The van der Waals surface area contributed by atoms with Crippen LogP contribution in [0.2, 0.25) is 0 Å². The molecule has 0 saturated heterocycles.